The minimum Gasteiger partial charge on any atom is -0.379 e. The van der Waals surface area contributed by atoms with Gasteiger partial charge in [-0.25, -0.2) is 4.98 Å². The van der Waals surface area contributed by atoms with Crippen molar-refractivity contribution >= 4 is 11.0 Å². The van der Waals surface area contributed by atoms with E-state index in [-0.39, 0.29) is 0 Å². The molecule has 1 aliphatic rings. The average molecular weight is 336 g/mol. The molecule has 1 fully saturated rings. The zero-order valence-electron chi connectivity index (χ0n) is 16.8. The van der Waals surface area contributed by atoms with E-state index < -0.39 is 0 Å². The molecule has 0 saturated carbocycles. The largest absolute Gasteiger partial charge is 0.379 e. The summed E-state index contributed by atoms with van der Waals surface area (Å²) in [6, 6.07) is 6.42. The van der Waals surface area contributed by atoms with Crippen LogP contribution in [0.5, 0.6) is 0 Å². The molecule has 1 aromatic heterocycles. The lowest BCUT2D eigenvalue weighted by atomic mass is 10.2. The standard InChI is InChI=1S/C14H19N3O.3C2H6/c1-12-2-3-13-14(10-12)17(11-15-13)5-4-16-6-8-18-9-7-16;3*1-2/h2-3,10-11H,4-9H2,1H3;3*1-2H3. The van der Waals surface area contributed by atoms with Crippen LogP contribution in [-0.2, 0) is 11.3 Å². The molecule has 4 nitrogen and oxygen atoms in total. The van der Waals surface area contributed by atoms with Crippen LogP contribution in [0.4, 0.5) is 0 Å². The van der Waals surface area contributed by atoms with Crippen molar-refractivity contribution in [3.05, 3.63) is 30.1 Å². The van der Waals surface area contributed by atoms with Gasteiger partial charge in [0.15, 0.2) is 0 Å². The lowest BCUT2D eigenvalue weighted by Crippen LogP contribution is -2.38. The fourth-order valence-electron chi connectivity index (χ4n) is 2.42. The Hall–Kier alpha value is -1.39. The highest BCUT2D eigenvalue weighted by Gasteiger charge is 2.10. The van der Waals surface area contributed by atoms with Crippen LogP contribution >= 0.6 is 0 Å². The number of hydrogen-bond acceptors (Lipinski definition) is 3. The molecular weight excluding hydrogens is 298 g/mol. The average Bonchev–Trinajstić information content (AvgIpc) is 3.08. The van der Waals surface area contributed by atoms with Gasteiger partial charge in [-0.1, -0.05) is 47.6 Å². The number of rotatable bonds is 3. The summed E-state index contributed by atoms with van der Waals surface area (Å²) in [5, 5.41) is 0. The van der Waals surface area contributed by atoms with E-state index in [1.165, 1.54) is 11.1 Å². The van der Waals surface area contributed by atoms with Crippen LogP contribution in [0.2, 0.25) is 0 Å². The monoisotopic (exact) mass is 335 g/mol. The second kappa shape index (κ2) is 14.0. The smallest absolute Gasteiger partial charge is 0.0958 e. The Morgan fingerprint density at radius 1 is 0.958 bits per heavy atom. The highest BCUT2D eigenvalue weighted by molar-refractivity contribution is 5.75. The zero-order chi connectivity index (χ0) is 18.4. The molecule has 138 valence electrons. The van der Waals surface area contributed by atoms with Crippen LogP contribution in [0.15, 0.2) is 24.5 Å². The van der Waals surface area contributed by atoms with Gasteiger partial charge in [0.1, 0.15) is 0 Å². The highest BCUT2D eigenvalue weighted by Crippen LogP contribution is 2.14. The fourth-order valence-corrected chi connectivity index (χ4v) is 2.42. The molecule has 0 aliphatic carbocycles. The maximum absolute atomic E-state index is 5.36. The molecule has 3 rings (SSSR count). The third-order valence-electron chi connectivity index (χ3n) is 3.54. The minimum atomic E-state index is 0.865. The van der Waals surface area contributed by atoms with Gasteiger partial charge in [0, 0.05) is 26.2 Å². The van der Waals surface area contributed by atoms with Gasteiger partial charge in [0.2, 0.25) is 0 Å². The van der Waals surface area contributed by atoms with Gasteiger partial charge in [0.05, 0.1) is 30.6 Å². The van der Waals surface area contributed by atoms with Crippen molar-refractivity contribution in [2.75, 3.05) is 32.8 Å². The fraction of sp³-hybridized carbons (Fsp3) is 0.650. The zero-order valence-corrected chi connectivity index (χ0v) is 16.8. The van der Waals surface area contributed by atoms with Gasteiger partial charge in [0.25, 0.3) is 0 Å². The van der Waals surface area contributed by atoms with E-state index in [2.05, 4.69) is 39.6 Å². The molecule has 1 saturated heterocycles. The van der Waals surface area contributed by atoms with Crippen molar-refractivity contribution in [3.8, 4) is 0 Å². The molecule has 0 spiro atoms. The van der Waals surface area contributed by atoms with Crippen LogP contribution in [0.1, 0.15) is 47.1 Å². The number of ether oxygens (including phenoxy) is 1. The van der Waals surface area contributed by atoms with Crippen molar-refractivity contribution in [2.24, 2.45) is 0 Å². The normalized spacial score (nSPS) is 13.8. The van der Waals surface area contributed by atoms with Crippen LogP contribution in [0.3, 0.4) is 0 Å². The molecule has 2 heterocycles. The van der Waals surface area contributed by atoms with Crippen molar-refractivity contribution in [2.45, 2.75) is 55.0 Å². The summed E-state index contributed by atoms with van der Waals surface area (Å²) in [6.45, 7) is 20.0. The van der Waals surface area contributed by atoms with E-state index >= 15 is 0 Å². The number of hydrogen-bond donors (Lipinski definition) is 0. The number of fused-ring (bicyclic) bond motifs is 1. The van der Waals surface area contributed by atoms with E-state index in [1.807, 2.05) is 47.9 Å². The van der Waals surface area contributed by atoms with E-state index in [4.69, 9.17) is 4.74 Å². The molecule has 0 unspecified atom stereocenters. The SMILES string of the molecule is CC.CC.CC.Cc1ccc2ncn(CCN3CCOCC3)c2c1. The number of benzene rings is 1. The Morgan fingerprint density at radius 3 is 2.21 bits per heavy atom. The maximum atomic E-state index is 5.36. The van der Waals surface area contributed by atoms with Gasteiger partial charge >= 0.3 is 0 Å². The molecule has 0 bridgehead atoms. The molecule has 2 aromatic rings. The first-order chi connectivity index (χ1) is 11.8. The molecule has 24 heavy (non-hydrogen) atoms. The van der Waals surface area contributed by atoms with Crippen LogP contribution < -0.4 is 0 Å². The van der Waals surface area contributed by atoms with E-state index in [9.17, 15) is 0 Å². The second-order valence-electron chi connectivity index (χ2n) is 4.88. The third kappa shape index (κ3) is 7.02. The quantitative estimate of drug-likeness (QED) is 0.810. The number of imidazole rings is 1. The first-order valence-corrected chi connectivity index (χ1v) is 9.54. The lowest BCUT2D eigenvalue weighted by Gasteiger charge is -2.26. The topological polar surface area (TPSA) is 30.3 Å². The number of nitrogens with zero attached hydrogens (tertiary/aromatic N) is 3. The van der Waals surface area contributed by atoms with E-state index in [0.29, 0.717) is 0 Å². The Labute approximate surface area is 148 Å². The first-order valence-electron chi connectivity index (χ1n) is 9.54. The molecule has 4 heteroatoms. The summed E-state index contributed by atoms with van der Waals surface area (Å²) in [5.41, 5.74) is 3.61. The summed E-state index contributed by atoms with van der Waals surface area (Å²) in [5.74, 6) is 0. The summed E-state index contributed by atoms with van der Waals surface area (Å²) in [7, 11) is 0. The molecule has 0 amide bonds. The lowest BCUT2D eigenvalue weighted by molar-refractivity contribution is 0.0365. The van der Waals surface area contributed by atoms with Gasteiger partial charge in [-0.05, 0) is 24.6 Å². The van der Waals surface area contributed by atoms with E-state index in [1.54, 1.807) is 0 Å². The third-order valence-corrected chi connectivity index (χ3v) is 3.54. The van der Waals surface area contributed by atoms with Crippen LogP contribution in [0.25, 0.3) is 11.0 Å². The summed E-state index contributed by atoms with van der Waals surface area (Å²) in [6.07, 6.45) is 1.95. The molecule has 0 atom stereocenters. The highest BCUT2D eigenvalue weighted by atomic mass is 16.5. The van der Waals surface area contributed by atoms with Crippen LogP contribution in [-0.4, -0.2) is 47.3 Å². The van der Waals surface area contributed by atoms with Gasteiger partial charge in [-0.15, -0.1) is 0 Å². The van der Waals surface area contributed by atoms with Crippen molar-refractivity contribution in [1.29, 1.82) is 0 Å². The minimum absolute atomic E-state index is 0.865. The Kier molecular flexibility index (Phi) is 13.2. The van der Waals surface area contributed by atoms with Crippen LogP contribution in [0, 0.1) is 6.92 Å². The van der Waals surface area contributed by atoms with Gasteiger partial charge < -0.3 is 9.30 Å². The molecule has 0 N–H and O–H groups in total. The number of aryl methyl sites for hydroxylation is 1. The molecule has 0 radical (unpaired) electrons. The van der Waals surface area contributed by atoms with Crippen molar-refractivity contribution < 1.29 is 4.74 Å². The predicted molar refractivity (Wildman–Crippen MR) is 106 cm³/mol. The molecule has 1 aliphatic heterocycles. The summed E-state index contributed by atoms with van der Waals surface area (Å²) >= 11 is 0. The Balaban J connectivity index is 0.000000798. The Bertz CT molecular complexity index is 531. The van der Waals surface area contributed by atoms with Crippen molar-refractivity contribution in [3.63, 3.8) is 0 Å². The van der Waals surface area contributed by atoms with Gasteiger partial charge in [-0.3, -0.25) is 4.90 Å². The van der Waals surface area contributed by atoms with Crippen molar-refractivity contribution in [1.82, 2.24) is 14.5 Å². The predicted octanol–water partition coefficient (Wildman–Crippen LogP) is 4.76. The molecular formula is C20H37N3O. The van der Waals surface area contributed by atoms with Gasteiger partial charge in [-0.2, -0.15) is 0 Å². The second-order valence-corrected chi connectivity index (χ2v) is 4.88. The summed E-state index contributed by atoms with van der Waals surface area (Å²) < 4.78 is 7.61. The maximum Gasteiger partial charge on any atom is 0.0958 e. The Morgan fingerprint density at radius 2 is 1.58 bits per heavy atom. The first kappa shape index (κ1) is 22.6. The summed E-state index contributed by atoms with van der Waals surface area (Å²) in [4.78, 5) is 6.89. The van der Waals surface area contributed by atoms with E-state index in [0.717, 1.165) is 44.9 Å². The molecule has 1 aromatic carbocycles. The number of morpholine rings is 1. The number of aromatic nitrogens is 2.